The smallest absolute Gasteiger partial charge is 0.0730 e. The molecule has 1 aromatic rings. The highest BCUT2D eigenvalue weighted by Gasteiger charge is 2.17. The highest BCUT2D eigenvalue weighted by molar-refractivity contribution is 5.15. The standard InChI is InChI=1S/C16H27NO/c1-12(2)10-13(3)17-14(4)16(18)11-15-8-6-5-7-9-15/h5-9,12-14,16-18H,10-11H2,1-4H3. The summed E-state index contributed by atoms with van der Waals surface area (Å²) < 4.78 is 0. The Morgan fingerprint density at radius 2 is 1.67 bits per heavy atom. The third kappa shape index (κ3) is 5.65. The molecule has 0 heterocycles. The van der Waals surface area contributed by atoms with Crippen LogP contribution in [-0.4, -0.2) is 23.3 Å². The number of aliphatic hydroxyl groups excluding tert-OH is 1. The molecule has 0 aromatic heterocycles. The van der Waals surface area contributed by atoms with Crippen LogP contribution in [0, 0.1) is 5.92 Å². The van der Waals surface area contributed by atoms with E-state index < -0.39 is 0 Å². The quantitative estimate of drug-likeness (QED) is 0.778. The highest BCUT2D eigenvalue weighted by Crippen LogP contribution is 2.09. The minimum Gasteiger partial charge on any atom is -0.391 e. The molecule has 18 heavy (non-hydrogen) atoms. The van der Waals surface area contributed by atoms with Crippen LogP contribution in [0.5, 0.6) is 0 Å². The van der Waals surface area contributed by atoms with Crippen molar-refractivity contribution in [3.05, 3.63) is 35.9 Å². The van der Waals surface area contributed by atoms with Crippen molar-refractivity contribution >= 4 is 0 Å². The maximum atomic E-state index is 10.2. The van der Waals surface area contributed by atoms with Gasteiger partial charge in [0.15, 0.2) is 0 Å². The van der Waals surface area contributed by atoms with Crippen molar-refractivity contribution in [2.45, 2.75) is 58.7 Å². The average molecular weight is 249 g/mol. The molecule has 1 rings (SSSR count). The zero-order valence-corrected chi connectivity index (χ0v) is 12.1. The van der Waals surface area contributed by atoms with Crippen LogP contribution in [0.1, 0.15) is 39.7 Å². The number of aliphatic hydroxyl groups is 1. The van der Waals surface area contributed by atoms with E-state index in [1.54, 1.807) is 0 Å². The number of hydrogen-bond donors (Lipinski definition) is 2. The molecule has 0 bridgehead atoms. The van der Waals surface area contributed by atoms with Gasteiger partial charge in [-0.2, -0.15) is 0 Å². The molecule has 1 aromatic carbocycles. The Morgan fingerprint density at radius 3 is 2.22 bits per heavy atom. The van der Waals surface area contributed by atoms with E-state index in [4.69, 9.17) is 0 Å². The summed E-state index contributed by atoms with van der Waals surface area (Å²) in [4.78, 5) is 0. The summed E-state index contributed by atoms with van der Waals surface area (Å²) in [5.41, 5.74) is 1.19. The van der Waals surface area contributed by atoms with Crippen molar-refractivity contribution < 1.29 is 5.11 Å². The first-order chi connectivity index (χ1) is 8.49. The molecule has 102 valence electrons. The summed E-state index contributed by atoms with van der Waals surface area (Å²) in [6.07, 6.45) is 1.52. The molecule has 3 atom stereocenters. The number of nitrogens with one attached hydrogen (secondary N) is 1. The lowest BCUT2D eigenvalue weighted by molar-refractivity contribution is 0.127. The van der Waals surface area contributed by atoms with Crippen LogP contribution in [0.4, 0.5) is 0 Å². The van der Waals surface area contributed by atoms with Gasteiger partial charge in [-0.05, 0) is 38.2 Å². The zero-order chi connectivity index (χ0) is 13.5. The van der Waals surface area contributed by atoms with E-state index in [9.17, 15) is 5.11 Å². The zero-order valence-electron chi connectivity index (χ0n) is 12.1. The topological polar surface area (TPSA) is 32.3 Å². The molecular weight excluding hydrogens is 222 g/mol. The lowest BCUT2D eigenvalue weighted by Gasteiger charge is -2.25. The first-order valence-corrected chi connectivity index (χ1v) is 6.97. The van der Waals surface area contributed by atoms with Crippen molar-refractivity contribution in [1.29, 1.82) is 0 Å². The van der Waals surface area contributed by atoms with Gasteiger partial charge >= 0.3 is 0 Å². The highest BCUT2D eigenvalue weighted by atomic mass is 16.3. The average Bonchev–Trinajstić information content (AvgIpc) is 2.28. The summed E-state index contributed by atoms with van der Waals surface area (Å²) in [5.74, 6) is 0.686. The molecule has 2 N–H and O–H groups in total. The third-order valence-electron chi connectivity index (χ3n) is 3.24. The van der Waals surface area contributed by atoms with Crippen LogP contribution in [0.15, 0.2) is 30.3 Å². The van der Waals surface area contributed by atoms with E-state index in [-0.39, 0.29) is 12.1 Å². The Morgan fingerprint density at radius 1 is 1.06 bits per heavy atom. The Bertz CT molecular complexity index is 323. The molecule has 0 radical (unpaired) electrons. The van der Waals surface area contributed by atoms with Gasteiger partial charge in [0.2, 0.25) is 0 Å². The second-order valence-corrected chi connectivity index (χ2v) is 5.74. The van der Waals surface area contributed by atoms with Gasteiger partial charge < -0.3 is 10.4 Å². The maximum absolute atomic E-state index is 10.2. The first kappa shape index (κ1) is 15.2. The number of hydrogen-bond acceptors (Lipinski definition) is 2. The Hall–Kier alpha value is -0.860. The predicted octanol–water partition coefficient (Wildman–Crippen LogP) is 3.00. The van der Waals surface area contributed by atoms with E-state index in [1.165, 1.54) is 5.56 Å². The van der Waals surface area contributed by atoms with E-state index in [0.717, 1.165) is 6.42 Å². The summed E-state index contributed by atoms with van der Waals surface area (Å²) in [6, 6.07) is 10.7. The van der Waals surface area contributed by atoms with Crippen molar-refractivity contribution in [3.8, 4) is 0 Å². The van der Waals surface area contributed by atoms with Gasteiger partial charge in [-0.3, -0.25) is 0 Å². The fourth-order valence-corrected chi connectivity index (χ4v) is 2.37. The van der Waals surface area contributed by atoms with Crippen LogP contribution in [-0.2, 0) is 6.42 Å². The summed E-state index contributed by atoms with van der Waals surface area (Å²) in [5, 5.41) is 13.7. The van der Waals surface area contributed by atoms with Crippen LogP contribution in [0.3, 0.4) is 0 Å². The van der Waals surface area contributed by atoms with Crippen molar-refractivity contribution in [2.24, 2.45) is 5.92 Å². The summed E-state index contributed by atoms with van der Waals surface area (Å²) in [7, 11) is 0. The monoisotopic (exact) mass is 249 g/mol. The van der Waals surface area contributed by atoms with E-state index in [0.29, 0.717) is 18.4 Å². The van der Waals surface area contributed by atoms with Gasteiger partial charge in [0.1, 0.15) is 0 Å². The van der Waals surface area contributed by atoms with Crippen molar-refractivity contribution in [2.75, 3.05) is 0 Å². The van der Waals surface area contributed by atoms with Crippen LogP contribution < -0.4 is 5.32 Å². The van der Waals surface area contributed by atoms with Gasteiger partial charge in [-0.15, -0.1) is 0 Å². The molecule has 3 unspecified atom stereocenters. The number of rotatable bonds is 7. The molecule has 0 saturated heterocycles. The molecule has 0 aliphatic heterocycles. The van der Waals surface area contributed by atoms with Gasteiger partial charge in [-0.1, -0.05) is 44.2 Å². The Kier molecular flexibility index (Phi) is 6.37. The fourth-order valence-electron chi connectivity index (χ4n) is 2.37. The van der Waals surface area contributed by atoms with Crippen LogP contribution in [0.2, 0.25) is 0 Å². The number of benzene rings is 1. The minimum atomic E-state index is -0.331. The van der Waals surface area contributed by atoms with Crippen LogP contribution in [0.25, 0.3) is 0 Å². The van der Waals surface area contributed by atoms with Gasteiger partial charge in [0, 0.05) is 12.1 Å². The molecule has 0 aliphatic carbocycles. The van der Waals surface area contributed by atoms with Gasteiger partial charge in [0.25, 0.3) is 0 Å². The van der Waals surface area contributed by atoms with E-state index >= 15 is 0 Å². The largest absolute Gasteiger partial charge is 0.391 e. The van der Waals surface area contributed by atoms with Gasteiger partial charge in [-0.25, -0.2) is 0 Å². The summed E-state index contributed by atoms with van der Waals surface area (Å²) in [6.45, 7) is 8.70. The van der Waals surface area contributed by atoms with E-state index in [1.807, 2.05) is 18.2 Å². The lowest BCUT2D eigenvalue weighted by Crippen LogP contribution is -2.43. The van der Waals surface area contributed by atoms with Crippen molar-refractivity contribution in [3.63, 3.8) is 0 Å². The SMILES string of the molecule is CC(C)CC(C)NC(C)C(O)Cc1ccccc1. The van der Waals surface area contributed by atoms with E-state index in [2.05, 4.69) is 45.1 Å². The molecule has 0 saturated carbocycles. The maximum Gasteiger partial charge on any atom is 0.0730 e. The molecule has 0 aliphatic rings. The Balaban J connectivity index is 2.39. The molecule has 0 fully saturated rings. The molecule has 2 nitrogen and oxygen atoms in total. The second-order valence-electron chi connectivity index (χ2n) is 5.74. The Labute approximate surface area is 111 Å². The third-order valence-corrected chi connectivity index (χ3v) is 3.24. The van der Waals surface area contributed by atoms with Gasteiger partial charge in [0.05, 0.1) is 6.10 Å². The summed E-state index contributed by atoms with van der Waals surface area (Å²) >= 11 is 0. The minimum absolute atomic E-state index is 0.124. The second kappa shape index (κ2) is 7.55. The first-order valence-electron chi connectivity index (χ1n) is 6.97. The van der Waals surface area contributed by atoms with Crippen LogP contribution >= 0.6 is 0 Å². The molecule has 0 spiro atoms. The predicted molar refractivity (Wildman–Crippen MR) is 77.7 cm³/mol. The van der Waals surface area contributed by atoms with Crippen molar-refractivity contribution in [1.82, 2.24) is 5.32 Å². The fraction of sp³-hybridized carbons (Fsp3) is 0.625. The lowest BCUT2D eigenvalue weighted by atomic mass is 10.0. The normalized spacial score (nSPS) is 16.6. The molecule has 2 heteroatoms. The molecular formula is C16H27NO. The molecule has 0 amide bonds.